The summed E-state index contributed by atoms with van der Waals surface area (Å²) in [5, 5.41) is 1.75. The lowest BCUT2D eigenvalue weighted by molar-refractivity contribution is 0.414. The van der Waals surface area contributed by atoms with Crippen LogP contribution < -0.4 is 9.47 Å². The van der Waals surface area contributed by atoms with Crippen molar-refractivity contribution in [1.29, 1.82) is 0 Å². The molecule has 0 aliphatic carbocycles. The highest BCUT2D eigenvalue weighted by molar-refractivity contribution is 6.03. The van der Waals surface area contributed by atoms with E-state index in [1.807, 2.05) is 121 Å². The minimum Gasteiger partial charge on any atom is -0.497 e. The zero-order valence-electron chi connectivity index (χ0n) is 24.2. The van der Waals surface area contributed by atoms with Crippen LogP contribution in [0.3, 0.4) is 0 Å². The first-order chi connectivity index (χ1) is 21.7. The predicted molar refractivity (Wildman–Crippen MR) is 175 cm³/mol. The molecule has 7 rings (SSSR count). The molecule has 0 unspecified atom stereocenters. The van der Waals surface area contributed by atoms with Gasteiger partial charge < -0.3 is 18.3 Å². The Morgan fingerprint density at radius 3 is 1.20 bits per heavy atom. The van der Waals surface area contributed by atoms with Crippen LogP contribution in [0, 0.1) is 23.7 Å². The average molecular weight is 571 g/mol. The normalized spacial score (nSPS) is 10.6. The van der Waals surface area contributed by atoms with Crippen molar-refractivity contribution in [2.24, 2.45) is 0 Å². The molecule has 44 heavy (non-hydrogen) atoms. The fourth-order valence-electron chi connectivity index (χ4n) is 5.14. The molecule has 0 saturated heterocycles. The number of benzene rings is 5. The van der Waals surface area contributed by atoms with E-state index in [0.29, 0.717) is 22.7 Å². The second kappa shape index (κ2) is 11.6. The van der Waals surface area contributed by atoms with Gasteiger partial charge in [0.2, 0.25) is 0 Å². The molecule has 0 aliphatic heterocycles. The maximum Gasteiger partial charge on any atom is 0.151 e. The lowest BCUT2D eigenvalue weighted by Gasteiger charge is -1.98. The first kappa shape index (κ1) is 26.8. The minimum atomic E-state index is 0.711. The van der Waals surface area contributed by atoms with Crippen LogP contribution in [0.2, 0.25) is 0 Å². The maximum absolute atomic E-state index is 6.55. The summed E-state index contributed by atoms with van der Waals surface area (Å²) in [4.78, 5) is 0. The van der Waals surface area contributed by atoms with Crippen molar-refractivity contribution in [1.82, 2.24) is 0 Å². The number of fused-ring (bicyclic) bond motifs is 2. The quantitative estimate of drug-likeness (QED) is 0.198. The van der Waals surface area contributed by atoms with Crippen molar-refractivity contribution in [3.63, 3.8) is 0 Å². The molecule has 0 spiro atoms. The molecule has 2 aromatic heterocycles. The standard InChI is InChI=1S/C40H26O4/c1-41-31-19-13-27(14-20-31)17-23-33-35-25-38-36(26-37(35)43-39(33)29-9-5-3-6-10-29)34(40(44-38)30-11-7-4-8-12-30)24-18-28-15-21-32(42-2)22-16-28/h3-16,19-22,25-26H,1-2H3. The summed E-state index contributed by atoms with van der Waals surface area (Å²) in [6, 6.07) is 39.5. The van der Waals surface area contributed by atoms with E-state index in [4.69, 9.17) is 18.3 Å². The van der Waals surface area contributed by atoms with Gasteiger partial charge >= 0.3 is 0 Å². The summed E-state index contributed by atoms with van der Waals surface area (Å²) in [5.41, 5.74) is 6.67. The molecule has 0 aliphatic rings. The van der Waals surface area contributed by atoms with Gasteiger partial charge in [-0.1, -0.05) is 84.3 Å². The maximum atomic E-state index is 6.55. The van der Waals surface area contributed by atoms with Crippen LogP contribution in [0.1, 0.15) is 22.3 Å². The second-order valence-corrected chi connectivity index (χ2v) is 10.1. The molecule has 4 nitrogen and oxygen atoms in total. The van der Waals surface area contributed by atoms with Crippen molar-refractivity contribution >= 4 is 21.9 Å². The Bertz CT molecular complexity index is 2050. The van der Waals surface area contributed by atoms with E-state index in [9.17, 15) is 0 Å². The van der Waals surface area contributed by atoms with E-state index in [0.717, 1.165) is 55.7 Å². The van der Waals surface area contributed by atoms with Gasteiger partial charge in [0.1, 0.15) is 22.7 Å². The Kier molecular flexibility index (Phi) is 7.09. The minimum absolute atomic E-state index is 0.711. The molecular weight excluding hydrogens is 544 g/mol. The van der Waals surface area contributed by atoms with Gasteiger partial charge in [-0.2, -0.15) is 0 Å². The monoisotopic (exact) mass is 570 g/mol. The van der Waals surface area contributed by atoms with E-state index in [2.05, 4.69) is 23.7 Å². The Labute approximate surface area is 255 Å². The van der Waals surface area contributed by atoms with Crippen LogP contribution in [-0.2, 0) is 0 Å². The summed E-state index contributed by atoms with van der Waals surface area (Å²) < 4.78 is 23.7. The fourth-order valence-corrected chi connectivity index (χ4v) is 5.14. The van der Waals surface area contributed by atoms with Gasteiger partial charge in [0.25, 0.3) is 0 Å². The molecule has 0 N–H and O–H groups in total. The number of furan rings is 2. The van der Waals surface area contributed by atoms with E-state index in [-0.39, 0.29) is 0 Å². The molecule has 210 valence electrons. The van der Waals surface area contributed by atoms with Gasteiger partial charge in [-0.25, -0.2) is 0 Å². The Balaban J connectivity index is 1.43. The molecule has 0 amide bonds. The van der Waals surface area contributed by atoms with Crippen molar-refractivity contribution in [2.75, 3.05) is 14.2 Å². The van der Waals surface area contributed by atoms with Gasteiger partial charge in [0.05, 0.1) is 25.3 Å². The van der Waals surface area contributed by atoms with Crippen LogP contribution in [-0.4, -0.2) is 14.2 Å². The molecule has 2 heterocycles. The first-order valence-electron chi connectivity index (χ1n) is 14.2. The number of hydrogen-bond donors (Lipinski definition) is 0. The summed E-state index contributed by atoms with van der Waals surface area (Å²) >= 11 is 0. The van der Waals surface area contributed by atoms with Gasteiger partial charge in [0.15, 0.2) is 11.5 Å². The molecule has 4 heteroatoms. The Morgan fingerprint density at radius 2 is 0.841 bits per heavy atom. The molecule has 5 aromatic carbocycles. The second-order valence-electron chi connectivity index (χ2n) is 10.1. The summed E-state index contributed by atoms with van der Waals surface area (Å²) in [7, 11) is 3.30. The molecular formula is C40H26O4. The molecule has 0 atom stereocenters. The lowest BCUT2D eigenvalue weighted by atomic mass is 10.0. The molecule has 0 fully saturated rings. The average Bonchev–Trinajstić information content (AvgIpc) is 3.63. The van der Waals surface area contributed by atoms with Crippen LogP contribution in [0.25, 0.3) is 44.6 Å². The number of ether oxygens (including phenoxy) is 2. The molecule has 0 saturated carbocycles. The third-order valence-corrected chi connectivity index (χ3v) is 7.41. The largest absolute Gasteiger partial charge is 0.497 e. The fraction of sp³-hybridized carbons (Fsp3) is 0.0500. The van der Waals surface area contributed by atoms with Gasteiger partial charge in [-0.3, -0.25) is 0 Å². The van der Waals surface area contributed by atoms with Crippen LogP contribution in [0.5, 0.6) is 11.5 Å². The van der Waals surface area contributed by atoms with E-state index in [1.165, 1.54) is 0 Å². The molecule has 0 bridgehead atoms. The Morgan fingerprint density at radius 1 is 0.455 bits per heavy atom. The summed E-state index contributed by atoms with van der Waals surface area (Å²) in [6.07, 6.45) is 0. The molecule has 0 radical (unpaired) electrons. The van der Waals surface area contributed by atoms with E-state index < -0.39 is 0 Å². The van der Waals surface area contributed by atoms with Crippen LogP contribution in [0.4, 0.5) is 0 Å². The van der Waals surface area contributed by atoms with Crippen molar-refractivity contribution in [3.05, 3.63) is 144 Å². The number of hydrogen-bond acceptors (Lipinski definition) is 4. The highest BCUT2D eigenvalue weighted by Crippen LogP contribution is 2.40. The van der Waals surface area contributed by atoms with Crippen molar-refractivity contribution < 1.29 is 18.3 Å². The first-order valence-corrected chi connectivity index (χ1v) is 14.2. The number of rotatable bonds is 4. The SMILES string of the molecule is COc1ccc(C#Cc2c(-c3ccccc3)oc3cc4c(C#Cc5ccc(OC)cc5)c(-c5ccccc5)oc4cc23)cc1. The highest BCUT2D eigenvalue weighted by atomic mass is 16.5. The summed E-state index contributed by atoms with van der Waals surface area (Å²) in [5.74, 6) is 16.4. The van der Waals surface area contributed by atoms with Gasteiger partial charge in [-0.15, -0.1) is 0 Å². The zero-order valence-corrected chi connectivity index (χ0v) is 24.2. The number of methoxy groups -OCH3 is 2. The zero-order chi connectivity index (χ0) is 29.9. The molecule has 7 aromatic rings. The lowest BCUT2D eigenvalue weighted by Crippen LogP contribution is -1.83. The topological polar surface area (TPSA) is 44.7 Å². The highest BCUT2D eigenvalue weighted by Gasteiger charge is 2.20. The smallest absolute Gasteiger partial charge is 0.151 e. The van der Waals surface area contributed by atoms with Crippen LogP contribution >= 0.6 is 0 Å². The van der Waals surface area contributed by atoms with Gasteiger partial charge in [-0.05, 0) is 60.7 Å². The van der Waals surface area contributed by atoms with E-state index in [1.54, 1.807) is 14.2 Å². The third-order valence-electron chi connectivity index (χ3n) is 7.41. The predicted octanol–water partition coefficient (Wildman–Crippen LogP) is 9.33. The van der Waals surface area contributed by atoms with Gasteiger partial charge in [0, 0.05) is 33.0 Å². The van der Waals surface area contributed by atoms with E-state index >= 15 is 0 Å². The Hall–Kier alpha value is -6.10. The third kappa shape index (κ3) is 5.18. The van der Waals surface area contributed by atoms with Crippen molar-refractivity contribution in [3.8, 4) is 57.8 Å². The summed E-state index contributed by atoms with van der Waals surface area (Å²) in [6.45, 7) is 0. The van der Waals surface area contributed by atoms with Crippen LogP contribution in [0.15, 0.2) is 130 Å². The van der Waals surface area contributed by atoms with Crippen molar-refractivity contribution in [2.45, 2.75) is 0 Å².